The first-order valence-electron chi connectivity index (χ1n) is 5.91. The maximum absolute atomic E-state index is 12.5. The van der Waals surface area contributed by atoms with Gasteiger partial charge in [-0.2, -0.15) is 13.2 Å². The number of rotatable bonds is 1. The molecule has 2 rings (SSSR count). The molecule has 0 aromatic heterocycles. The molecule has 0 spiro atoms. The van der Waals surface area contributed by atoms with Crippen molar-refractivity contribution < 1.29 is 22.7 Å². The van der Waals surface area contributed by atoms with E-state index >= 15 is 0 Å². The van der Waals surface area contributed by atoms with E-state index in [-0.39, 0.29) is 18.1 Å². The van der Waals surface area contributed by atoms with Gasteiger partial charge in [-0.1, -0.05) is 6.07 Å². The van der Waals surface area contributed by atoms with Crippen molar-refractivity contribution in [2.45, 2.75) is 25.4 Å². The van der Waals surface area contributed by atoms with Gasteiger partial charge in [-0.15, -0.1) is 0 Å². The smallest absolute Gasteiger partial charge is 0.410 e. The number of carbonyl (C=O) groups excluding carboxylic acids is 1. The molecule has 0 radical (unpaired) electrons. The van der Waals surface area contributed by atoms with Crippen LogP contribution < -0.4 is 4.74 Å². The third-order valence-electron chi connectivity index (χ3n) is 3.06. The van der Waals surface area contributed by atoms with E-state index in [9.17, 15) is 18.0 Å². The first-order chi connectivity index (χ1) is 8.90. The topological polar surface area (TPSA) is 26.3 Å². The second kappa shape index (κ2) is 5.07. The van der Waals surface area contributed by atoms with E-state index in [1.54, 1.807) is 12.1 Å². The molecule has 19 heavy (non-hydrogen) atoms. The van der Waals surface area contributed by atoms with E-state index in [0.717, 1.165) is 5.56 Å². The molecule has 0 saturated heterocycles. The van der Waals surface area contributed by atoms with E-state index in [2.05, 4.69) is 0 Å². The Balaban J connectivity index is 2.55. The average molecular weight is 270 g/mol. The number of fused-ring (bicyclic) bond motifs is 1. The third-order valence-corrected chi connectivity index (χ3v) is 3.06. The summed E-state index contributed by atoms with van der Waals surface area (Å²) < 4.78 is 42.7. The van der Waals surface area contributed by atoms with Crippen LogP contribution >= 0.6 is 0 Å². The van der Waals surface area contributed by atoms with E-state index < -0.39 is 12.0 Å². The Morgan fingerprint density at radius 2 is 2.00 bits per heavy atom. The van der Waals surface area contributed by atoms with Crippen molar-refractivity contribution >= 4 is 11.4 Å². The highest BCUT2D eigenvalue weighted by molar-refractivity contribution is 6.21. The fraction of sp³-hybridized carbons (Fsp3) is 0.357. The van der Waals surface area contributed by atoms with Gasteiger partial charge in [-0.05, 0) is 36.1 Å². The molecule has 0 fully saturated rings. The zero-order valence-electron chi connectivity index (χ0n) is 10.4. The maximum atomic E-state index is 12.5. The Bertz CT molecular complexity index is 530. The summed E-state index contributed by atoms with van der Waals surface area (Å²) in [6.45, 7) is 0. The summed E-state index contributed by atoms with van der Waals surface area (Å²) in [5, 5.41) is 0. The van der Waals surface area contributed by atoms with Crippen molar-refractivity contribution in [3.8, 4) is 5.75 Å². The number of Topliss-reactive ketones (excluding diaryl/α,β-unsaturated/α-hetero) is 1. The van der Waals surface area contributed by atoms with Crippen LogP contribution in [-0.4, -0.2) is 19.1 Å². The van der Waals surface area contributed by atoms with Crippen LogP contribution in [0.4, 0.5) is 13.2 Å². The summed E-state index contributed by atoms with van der Waals surface area (Å²) in [7, 11) is 1.50. The molecule has 1 aromatic carbocycles. The molecule has 0 amide bonds. The highest BCUT2D eigenvalue weighted by atomic mass is 19.4. The second-order valence-corrected chi connectivity index (χ2v) is 4.40. The van der Waals surface area contributed by atoms with Gasteiger partial charge in [0.2, 0.25) is 0 Å². The molecule has 5 heteroatoms. The number of aryl methyl sites for hydroxylation is 1. The summed E-state index contributed by atoms with van der Waals surface area (Å²) in [4.78, 5) is 11.8. The lowest BCUT2D eigenvalue weighted by molar-refractivity contribution is -0.114. The minimum atomic E-state index is -4.49. The Morgan fingerprint density at radius 1 is 1.26 bits per heavy atom. The van der Waals surface area contributed by atoms with Crippen LogP contribution in [0.5, 0.6) is 5.75 Å². The van der Waals surface area contributed by atoms with Gasteiger partial charge < -0.3 is 4.74 Å². The fourth-order valence-corrected chi connectivity index (χ4v) is 2.21. The molecule has 0 unspecified atom stereocenters. The van der Waals surface area contributed by atoms with Crippen molar-refractivity contribution in [1.82, 2.24) is 0 Å². The summed E-state index contributed by atoms with van der Waals surface area (Å²) in [6, 6.07) is 4.79. The largest absolute Gasteiger partial charge is 0.497 e. The summed E-state index contributed by atoms with van der Waals surface area (Å²) in [5.41, 5.74) is 0.837. The van der Waals surface area contributed by atoms with Gasteiger partial charge in [0.05, 0.1) is 7.11 Å². The number of allylic oxidation sites excluding steroid dienone is 2. The second-order valence-electron chi connectivity index (χ2n) is 4.40. The molecule has 1 aliphatic carbocycles. The maximum Gasteiger partial charge on any atom is 0.410 e. The Labute approximate surface area is 108 Å². The number of benzene rings is 1. The average Bonchev–Trinajstić information content (AvgIpc) is 2.48. The fourth-order valence-electron chi connectivity index (χ4n) is 2.21. The molecule has 102 valence electrons. The van der Waals surface area contributed by atoms with E-state index in [4.69, 9.17) is 4.74 Å². The van der Waals surface area contributed by atoms with Crippen molar-refractivity contribution in [1.29, 1.82) is 0 Å². The van der Waals surface area contributed by atoms with Gasteiger partial charge in [0, 0.05) is 18.1 Å². The Morgan fingerprint density at radius 3 is 2.63 bits per heavy atom. The number of halogens is 3. The molecular weight excluding hydrogens is 257 g/mol. The molecule has 0 aliphatic heterocycles. The number of alkyl halides is 3. The van der Waals surface area contributed by atoms with Crippen LogP contribution in [0.15, 0.2) is 24.3 Å². The quantitative estimate of drug-likeness (QED) is 0.576. The Hall–Kier alpha value is -1.78. The van der Waals surface area contributed by atoms with E-state index in [1.807, 2.05) is 0 Å². The molecular formula is C14H13F3O2. The molecule has 0 saturated carbocycles. The molecule has 0 bridgehead atoms. The lowest BCUT2D eigenvalue weighted by Gasteiger charge is -2.11. The summed E-state index contributed by atoms with van der Waals surface area (Å²) in [6.07, 6.45) is -3.13. The van der Waals surface area contributed by atoms with Crippen molar-refractivity contribution in [3.05, 3.63) is 35.4 Å². The number of methoxy groups -OCH3 is 1. The zero-order valence-corrected chi connectivity index (χ0v) is 10.4. The van der Waals surface area contributed by atoms with Gasteiger partial charge in [-0.3, -0.25) is 4.79 Å². The number of ketones is 1. The van der Waals surface area contributed by atoms with Gasteiger partial charge in [0.1, 0.15) is 5.75 Å². The standard InChI is InChI=1S/C14H13F3O2/c1-19-10-5-6-11-9(7-10)3-2-4-13(18)12(11)8-14(15,16)17/h5-8H,2-4H2,1H3/b12-8+. The van der Waals surface area contributed by atoms with Crippen molar-refractivity contribution in [2.24, 2.45) is 0 Å². The molecule has 1 aliphatic rings. The summed E-state index contributed by atoms with van der Waals surface area (Å²) >= 11 is 0. The van der Waals surface area contributed by atoms with Gasteiger partial charge in [0.25, 0.3) is 0 Å². The van der Waals surface area contributed by atoms with Crippen LogP contribution in [0, 0.1) is 0 Å². The highest BCUT2D eigenvalue weighted by Gasteiger charge is 2.29. The predicted octanol–water partition coefficient (Wildman–Crippen LogP) is 3.55. The number of carbonyl (C=O) groups is 1. The van der Waals surface area contributed by atoms with Gasteiger partial charge in [-0.25, -0.2) is 0 Å². The zero-order chi connectivity index (χ0) is 14.0. The van der Waals surface area contributed by atoms with Crippen LogP contribution in [0.2, 0.25) is 0 Å². The lowest BCUT2D eigenvalue weighted by Crippen LogP contribution is -2.08. The predicted molar refractivity (Wildman–Crippen MR) is 65.0 cm³/mol. The van der Waals surface area contributed by atoms with Crippen molar-refractivity contribution in [2.75, 3.05) is 7.11 Å². The van der Waals surface area contributed by atoms with Crippen molar-refractivity contribution in [3.63, 3.8) is 0 Å². The minimum absolute atomic E-state index is 0.103. The molecule has 2 nitrogen and oxygen atoms in total. The normalized spacial score (nSPS) is 18.1. The van der Waals surface area contributed by atoms with Crippen LogP contribution in [0.3, 0.4) is 0 Å². The molecule has 0 atom stereocenters. The third kappa shape index (κ3) is 3.16. The number of hydrogen-bond acceptors (Lipinski definition) is 2. The molecule has 1 aromatic rings. The Kier molecular flexibility index (Phi) is 3.64. The molecule has 0 heterocycles. The SMILES string of the molecule is COc1ccc2c(c1)CCCC(=O)/C2=C/C(F)(F)F. The van der Waals surface area contributed by atoms with Crippen LogP contribution in [0.1, 0.15) is 24.0 Å². The first-order valence-corrected chi connectivity index (χ1v) is 5.91. The van der Waals surface area contributed by atoms with Gasteiger partial charge in [0.15, 0.2) is 5.78 Å². The highest BCUT2D eigenvalue weighted by Crippen LogP contribution is 2.33. The van der Waals surface area contributed by atoms with Crippen LogP contribution in [-0.2, 0) is 11.2 Å². The monoisotopic (exact) mass is 270 g/mol. The lowest BCUT2D eigenvalue weighted by atomic mass is 9.97. The first kappa shape index (κ1) is 13.6. The number of hydrogen-bond donors (Lipinski definition) is 0. The van der Waals surface area contributed by atoms with E-state index in [1.165, 1.54) is 13.2 Å². The van der Waals surface area contributed by atoms with Gasteiger partial charge >= 0.3 is 6.18 Å². The van der Waals surface area contributed by atoms with E-state index in [0.29, 0.717) is 24.2 Å². The number of ether oxygens (including phenoxy) is 1. The minimum Gasteiger partial charge on any atom is -0.497 e. The summed E-state index contributed by atoms with van der Waals surface area (Å²) in [5.74, 6) is 0.126. The molecule has 0 N–H and O–H groups in total. The van der Waals surface area contributed by atoms with Crippen LogP contribution in [0.25, 0.3) is 5.57 Å².